The first kappa shape index (κ1) is 16.7. The predicted octanol–water partition coefficient (Wildman–Crippen LogP) is 5.37. The second-order valence-corrected chi connectivity index (χ2v) is 7.19. The normalized spacial score (nSPS) is 18.6. The maximum Gasteiger partial charge on any atom is 0.160 e. The Labute approximate surface area is 137 Å². The highest BCUT2D eigenvalue weighted by Crippen LogP contribution is 2.33. The number of ether oxygens (including phenoxy) is 2. The SMILES string of the molecule is COc1ccc(CC(Br)C2CCCCCCC2)cc1OC. The number of alkyl halides is 1. The molecule has 1 fully saturated rings. The molecule has 3 heteroatoms. The van der Waals surface area contributed by atoms with Crippen molar-refractivity contribution in [3.8, 4) is 11.5 Å². The van der Waals surface area contributed by atoms with Gasteiger partial charge in [-0.3, -0.25) is 0 Å². The number of rotatable bonds is 5. The first-order valence-corrected chi connectivity index (χ1v) is 9.01. The predicted molar refractivity (Wildman–Crippen MR) is 91.8 cm³/mol. The van der Waals surface area contributed by atoms with Crippen molar-refractivity contribution in [1.29, 1.82) is 0 Å². The van der Waals surface area contributed by atoms with Gasteiger partial charge in [0.05, 0.1) is 14.2 Å². The van der Waals surface area contributed by atoms with Crippen molar-refractivity contribution >= 4 is 15.9 Å². The zero-order chi connectivity index (χ0) is 15.1. The number of hydrogen-bond donors (Lipinski definition) is 0. The Hall–Kier alpha value is -0.700. The van der Waals surface area contributed by atoms with E-state index in [-0.39, 0.29) is 0 Å². The monoisotopic (exact) mass is 354 g/mol. The summed E-state index contributed by atoms with van der Waals surface area (Å²) in [4.78, 5) is 0.564. The quantitative estimate of drug-likeness (QED) is 0.661. The molecule has 1 aromatic rings. The van der Waals surface area contributed by atoms with E-state index in [2.05, 4.69) is 28.1 Å². The average molecular weight is 355 g/mol. The van der Waals surface area contributed by atoms with Gasteiger partial charge < -0.3 is 9.47 Å². The topological polar surface area (TPSA) is 18.5 Å². The van der Waals surface area contributed by atoms with Crippen molar-refractivity contribution in [1.82, 2.24) is 0 Å². The fourth-order valence-corrected chi connectivity index (χ4v) is 4.15. The summed E-state index contributed by atoms with van der Waals surface area (Å²) in [5, 5.41) is 0. The Morgan fingerprint density at radius 2 is 1.62 bits per heavy atom. The van der Waals surface area contributed by atoms with Crippen LogP contribution in [0.2, 0.25) is 0 Å². The number of methoxy groups -OCH3 is 2. The fraction of sp³-hybridized carbons (Fsp3) is 0.667. The Kier molecular flexibility index (Phi) is 6.88. The lowest BCUT2D eigenvalue weighted by Gasteiger charge is -2.25. The summed E-state index contributed by atoms with van der Waals surface area (Å²) in [5.41, 5.74) is 1.32. The molecule has 1 aromatic carbocycles. The Morgan fingerprint density at radius 1 is 1.00 bits per heavy atom. The highest BCUT2D eigenvalue weighted by atomic mass is 79.9. The zero-order valence-corrected chi connectivity index (χ0v) is 14.8. The van der Waals surface area contributed by atoms with Crippen LogP contribution in [0.4, 0.5) is 0 Å². The molecule has 0 spiro atoms. The molecule has 0 bridgehead atoms. The van der Waals surface area contributed by atoms with Crippen LogP contribution < -0.4 is 9.47 Å². The molecule has 0 aromatic heterocycles. The van der Waals surface area contributed by atoms with E-state index in [4.69, 9.17) is 9.47 Å². The average Bonchev–Trinajstić information content (AvgIpc) is 2.46. The van der Waals surface area contributed by atoms with Crippen molar-refractivity contribution in [2.75, 3.05) is 14.2 Å². The molecule has 118 valence electrons. The molecule has 21 heavy (non-hydrogen) atoms. The minimum Gasteiger partial charge on any atom is -0.493 e. The van der Waals surface area contributed by atoms with Gasteiger partial charge in [0.1, 0.15) is 0 Å². The van der Waals surface area contributed by atoms with Crippen LogP contribution in [-0.4, -0.2) is 19.0 Å². The van der Waals surface area contributed by atoms with E-state index in [9.17, 15) is 0 Å². The van der Waals surface area contributed by atoms with Gasteiger partial charge in [0, 0.05) is 4.83 Å². The van der Waals surface area contributed by atoms with Gasteiger partial charge in [-0.15, -0.1) is 0 Å². The van der Waals surface area contributed by atoms with Crippen LogP contribution in [0.3, 0.4) is 0 Å². The smallest absolute Gasteiger partial charge is 0.160 e. The first-order valence-electron chi connectivity index (χ1n) is 8.09. The molecule has 0 aliphatic heterocycles. The van der Waals surface area contributed by atoms with Crippen molar-refractivity contribution in [3.63, 3.8) is 0 Å². The zero-order valence-electron chi connectivity index (χ0n) is 13.2. The Bertz CT molecular complexity index is 425. The van der Waals surface area contributed by atoms with Gasteiger partial charge >= 0.3 is 0 Å². The van der Waals surface area contributed by atoms with Gasteiger partial charge in [0.25, 0.3) is 0 Å². The van der Waals surface area contributed by atoms with E-state index in [1.165, 1.54) is 50.5 Å². The molecule has 1 atom stereocenters. The summed E-state index contributed by atoms with van der Waals surface area (Å²) >= 11 is 3.95. The van der Waals surface area contributed by atoms with E-state index >= 15 is 0 Å². The third-order valence-electron chi connectivity index (χ3n) is 4.54. The largest absolute Gasteiger partial charge is 0.493 e. The van der Waals surface area contributed by atoms with Gasteiger partial charge in [0.2, 0.25) is 0 Å². The summed E-state index contributed by atoms with van der Waals surface area (Å²) in [7, 11) is 3.38. The van der Waals surface area contributed by atoms with E-state index in [0.717, 1.165) is 23.8 Å². The van der Waals surface area contributed by atoms with Crippen molar-refractivity contribution < 1.29 is 9.47 Å². The van der Waals surface area contributed by atoms with Crippen LogP contribution in [0.15, 0.2) is 18.2 Å². The summed E-state index contributed by atoms with van der Waals surface area (Å²) in [5.74, 6) is 2.43. The Morgan fingerprint density at radius 3 is 2.24 bits per heavy atom. The van der Waals surface area contributed by atoms with Crippen LogP contribution in [0, 0.1) is 5.92 Å². The molecule has 2 rings (SSSR count). The van der Waals surface area contributed by atoms with Crippen molar-refractivity contribution in [3.05, 3.63) is 23.8 Å². The van der Waals surface area contributed by atoms with Gasteiger partial charge in [-0.25, -0.2) is 0 Å². The third kappa shape index (κ3) is 4.91. The summed E-state index contributed by atoms with van der Waals surface area (Å²) < 4.78 is 10.7. The maximum absolute atomic E-state index is 5.40. The molecule has 1 aliphatic carbocycles. The third-order valence-corrected chi connectivity index (χ3v) is 5.61. The van der Waals surface area contributed by atoms with Gasteiger partial charge in [-0.05, 0) is 42.9 Å². The van der Waals surface area contributed by atoms with Gasteiger partial charge in [-0.2, -0.15) is 0 Å². The second-order valence-electron chi connectivity index (χ2n) is 6.01. The summed E-state index contributed by atoms with van der Waals surface area (Å²) in [6.45, 7) is 0. The molecule has 0 saturated heterocycles. The maximum atomic E-state index is 5.40. The fourth-order valence-electron chi connectivity index (χ4n) is 3.25. The minimum atomic E-state index is 0.564. The van der Waals surface area contributed by atoms with Crippen molar-refractivity contribution in [2.24, 2.45) is 5.92 Å². The van der Waals surface area contributed by atoms with Gasteiger partial charge in [-0.1, -0.05) is 54.1 Å². The van der Waals surface area contributed by atoms with Crippen LogP contribution in [0.1, 0.15) is 50.5 Å². The molecule has 1 aliphatic rings. The molecule has 0 radical (unpaired) electrons. The first-order chi connectivity index (χ1) is 10.2. The molecule has 0 N–H and O–H groups in total. The highest BCUT2D eigenvalue weighted by Gasteiger charge is 2.20. The molecule has 1 unspecified atom stereocenters. The molecule has 0 amide bonds. The summed E-state index contributed by atoms with van der Waals surface area (Å²) in [6.07, 6.45) is 10.8. The summed E-state index contributed by atoms with van der Waals surface area (Å²) in [6, 6.07) is 6.26. The molecular formula is C18H27BrO2. The van der Waals surface area contributed by atoms with Crippen molar-refractivity contribution in [2.45, 2.75) is 56.2 Å². The van der Waals surface area contributed by atoms with Crippen LogP contribution >= 0.6 is 15.9 Å². The number of hydrogen-bond acceptors (Lipinski definition) is 2. The highest BCUT2D eigenvalue weighted by molar-refractivity contribution is 9.09. The van der Waals surface area contributed by atoms with Crippen LogP contribution in [-0.2, 0) is 6.42 Å². The van der Waals surface area contributed by atoms with E-state index < -0.39 is 0 Å². The molecule has 2 nitrogen and oxygen atoms in total. The van der Waals surface area contributed by atoms with E-state index in [1.807, 2.05) is 6.07 Å². The molecule has 1 saturated carbocycles. The molecular weight excluding hydrogens is 328 g/mol. The lowest BCUT2D eigenvalue weighted by atomic mass is 9.87. The standard InChI is InChI=1S/C18H27BrO2/c1-20-17-11-10-14(13-18(17)21-2)12-16(19)15-8-6-4-3-5-7-9-15/h10-11,13,15-16H,3-9,12H2,1-2H3. The lowest BCUT2D eigenvalue weighted by Crippen LogP contribution is -2.18. The molecule has 0 heterocycles. The van der Waals surface area contributed by atoms with E-state index in [0.29, 0.717) is 4.83 Å². The lowest BCUT2D eigenvalue weighted by molar-refractivity contribution is 0.353. The number of benzene rings is 1. The van der Waals surface area contributed by atoms with Crippen LogP contribution in [0.5, 0.6) is 11.5 Å². The number of halogens is 1. The second kappa shape index (κ2) is 8.67. The Balaban J connectivity index is 1.99. The van der Waals surface area contributed by atoms with Gasteiger partial charge in [0.15, 0.2) is 11.5 Å². The van der Waals surface area contributed by atoms with Crippen LogP contribution in [0.25, 0.3) is 0 Å². The minimum absolute atomic E-state index is 0.564. The van der Waals surface area contributed by atoms with E-state index in [1.54, 1.807) is 14.2 Å².